The van der Waals surface area contributed by atoms with Gasteiger partial charge in [-0.15, -0.1) is 0 Å². The van der Waals surface area contributed by atoms with E-state index in [1.54, 1.807) is 12.1 Å². The van der Waals surface area contributed by atoms with Crippen LogP contribution in [0.5, 0.6) is 5.75 Å². The third-order valence-electron chi connectivity index (χ3n) is 3.64. The fourth-order valence-electron chi connectivity index (χ4n) is 2.48. The van der Waals surface area contributed by atoms with Crippen LogP contribution in [-0.2, 0) is 9.53 Å². The Morgan fingerprint density at radius 1 is 1.33 bits per heavy atom. The molecule has 5 nitrogen and oxygen atoms in total. The van der Waals surface area contributed by atoms with Crippen LogP contribution in [0.4, 0.5) is 5.69 Å². The van der Waals surface area contributed by atoms with Crippen molar-refractivity contribution in [2.45, 2.75) is 31.8 Å². The van der Waals surface area contributed by atoms with Crippen molar-refractivity contribution in [1.29, 1.82) is 0 Å². The lowest BCUT2D eigenvalue weighted by molar-refractivity contribution is -0.139. The highest BCUT2D eigenvalue weighted by Crippen LogP contribution is 2.21. The van der Waals surface area contributed by atoms with Crippen LogP contribution < -0.4 is 9.64 Å². The van der Waals surface area contributed by atoms with E-state index in [9.17, 15) is 4.79 Å². The molecule has 5 heteroatoms. The summed E-state index contributed by atoms with van der Waals surface area (Å²) in [6.07, 6.45) is 5.07. The number of hydrogen-bond donors (Lipinski definition) is 1. The van der Waals surface area contributed by atoms with E-state index in [2.05, 4.69) is 4.90 Å². The maximum absolute atomic E-state index is 10.5. The van der Waals surface area contributed by atoms with Crippen LogP contribution in [0.1, 0.15) is 25.7 Å². The van der Waals surface area contributed by atoms with Gasteiger partial charge in [-0.25, -0.2) is 4.79 Å². The minimum absolute atomic E-state index is 0.292. The number of carbonyl (C=O) groups is 1. The SMILES string of the molecule is CN(CC1CCCCCO1)c1ccc(OCC(=O)O)cc1. The number of nitrogens with zero attached hydrogens (tertiary/aromatic N) is 1. The second-order valence-electron chi connectivity index (χ2n) is 5.40. The molecule has 1 unspecified atom stereocenters. The zero-order valence-electron chi connectivity index (χ0n) is 12.5. The standard InChI is InChI=1S/C16H23NO4/c1-17(11-15-5-3-2-4-10-20-15)13-6-8-14(9-7-13)21-12-16(18)19/h6-9,15H,2-5,10-12H2,1H3,(H,18,19). The van der Waals surface area contributed by atoms with Crippen LogP contribution in [0.3, 0.4) is 0 Å². The van der Waals surface area contributed by atoms with E-state index in [1.165, 1.54) is 12.8 Å². The zero-order chi connectivity index (χ0) is 15.1. The Labute approximate surface area is 125 Å². The number of carboxylic acids is 1. The van der Waals surface area contributed by atoms with Gasteiger partial charge in [-0.3, -0.25) is 0 Å². The Hall–Kier alpha value is -1.75. The third-order valence-corrected chi connectivity index (χ3v) is 3.64. The molecule has 1 saturated heterocycles. The minimum Gasteiger partial charge on any atom is -0.482 e. The second-order valence-corrected chi connectivity index (χ2v) is 5.40. The average Bonchev–Trinajstić information content (AvgIpc) is 2.74. The van der Waals surface area contributed by atoms with Crippen molar-refractivity contribution in [3.8, 4) is 5.75 Å². The van der Waals surface area contributed by atoms with Gasteiger partial charge in [0.05, 0.1) is 6.10 Å². The molecule has 1 N–H and O–H groups in total. The summed E-state index contributed by atoms with van der Waals surface area (Å²) in [7, 11) is 2.04. The molecule has 2 rings (SSSR count). The first-order valence-electron chi connectivity index (χ1n) is 7.42. The predicted octanol–water partition coefficient (Wildman–Crippen LogP) is 2.55. The Kier molecular flexibility index (Phi) is 5.87. The van der Waals surface area contributed by atoms with E-state index in [4.69, 9.17) is 14.6 Å². The molecule has 0 spiro atoms. The Bertz CT molecular complexity index is 438. The molecule has 1 aliphatic heterocycles. The predicted molar refractivity (Wildman–Crippen MR) is 81.1 cm³/mol. The number of rotatable bonds is 6. The van der Waals surface area contributed by atoms with Crippen LogP contribution in [0.25, 0.3) is 0 Å². The lowest BCUT2D eigenvalue weighted by Gasteiger charge is -2.25. The van der Waals surface area contributed by atoms with Crippen LogP contribution >= 0.6 is 0 Å². The first-order chi connectivity index (χ1) is 10.1. The first kappa shape index (κ1) is 15.6. The highest BCUT2D eigenvalue weighted by molar-refractivity contribution is 5.68. The van der Waals surface area contributed by atoms with Gasteiger partial charge in [0.2, 0.25) is 0 Å². The lowest BCUT2D eigenvalue weighted by Crippen LogP contribution is -2.30. The van der Waals surface area contributed by atoms with E-state index in [-0.39, 0.29) is 6.61 Å². The molecule has 1 atom stereocenters. The summed E-state index contributed by atoms with van der Waals surface area (Å²) >= 11 is 0. The summed E-state index contributed by atoms with van der Waals surface area (Å²) < 4.78 is 11.0. The number of anilines is 1. The molecule has 1 heterocycles. The molecule has 1 aromatic carbocycles. The number of aliphatic carboxylic acids is 1. The lowest BCUT2D eigenvalue weighted by atomic mass is 10.1. The van der Waals surface area contributed by atoms with Crippen LogP contribution in [0.15, 0.2) is 24.3 Å². The monoisotopic (exact) mass is 293 g/mol. The minimum atomic E-state index is -0.971. The average molecular weight is 293 g/mol. The van der Waals surface area contributed by atoms with Crippen molar-refractivity contribution < 1.29 is 19.4 Å². The number of hydrogen-bond acceptors (Lipinski definition) is 4. The van der Waals surface area contributed by atoms with Crippen molar-refractivity contribution in [1.82, 2.24) is 0 Å². The topological polar surface area (TPSA) is 59.0 Å². The molecule has 0 radical (unpaired) electrons. The first-order valence-corrected chi connectivity index (χ1v) is 7.42. The van der Waals surface area contributed by atoms with Gasteiger partial charge in [0.1, 0.15) is 5.75 Å². The number of likely N-dealkylation sites (N-methyl/N-ethyl adjacent to an activating group) is 1. The molecular weight excluding hydrogens is 270 g/mol. The van der Waals surface area contributed by atoms with Gasteiger partial charge in [-0.1, -0.05) is 12.8 Å². The normalized spacial score (nSPS) is 18.8. The molecule has 116 valence electrons. The van der Waals surface area contributed by atoms with Gasteiger partial charge in [0, 0.05) is 25.9 Å². The largest absolute Gasteiger partial charge is 0.482 e. The molecule has 1 fully saturated rings. The molecule has 0 amide bonds. The second kappa shape index (κ2) is 7.88. The van der Waals surface area contributed by atoms with Gasteiger partial charge >= 0.3 is 5.97 Å². The summed E-state index contributed by atoms with van der Waals surface area (Å²) in [6, 6.07) is 7.47. The number of carboxylic acid groups (broad SMARTS) is 1. The van der Waals surface area contributed by atoms with Gasteiger partial charge in [0.25, 0.3) is 0 Å². The maximum atomic E-state index is 10.5. The molecule has 1 aliphatic rings. The van der Waals surface area contributed by atoms with Crippen molar-refractivity contribution in [3.05, 3.63) is 24.3 Å². The van der Waals surface area contributed by atoms with Gasteiger partial charge in [-0.05, 0) is 37.1 Å². The Morgan fingerprint density at radius 2 is 2.10 bits per heavy atom. The molecule has 0 bridgehead atoms. The van der Waals surface area contributed by atoms with Crippen molar-refractivity contribution >= 4 is 11.7 Å². The Morgan fingerprint density at radius 3 is 2.81 bits per heavy atom. The smallest absolute Gasteiger partial charge is 0.341 e. The van der Waals surface area contributed by atoms with Crippen LogP contribution in [0.2, 0.25) is 0 Å². The summed E-state index contributed by atoms with van der Waals surface area (Å²) in [6.45, 7) is 1.42. The van der Waals surface area contributed by atoms with Gasteiger partial charge < -0.3 is 19.5 Å². The van der Waals surface area contributed by atoms with E-state index >= 15 is 0 Å². The van der Waals surface area contributed by atoms with Crippen LogP contribution in [-0.4, -0.2) is 44.0 Å². The summed E-state index contributed by atoms with van der Waals surface area (Å²) in [5.41, 5.74) is 1.07. The van der Waals surface area contributed by atoms with Gasteiger partial charge in [0.15, 0.2) is 6.61 Å². The summed E-state index contributed by atoms with van der Waals surface area (Å²) in [5, 5.41) is 8.58. The third kappa shape index (κ3) is 5.27. The highest BCUT2D eigenvalue weighted by atomic mass is 16.5. The fourth-order valence-corrected chi connectivity index (χ4v) is 2.48. The molecule has 0 aromatic heterocycles. The molecular formula is C16H23NO4. The molecule has 1 aromatic rings. The van der Waals surface area contributed by atoms with Crippen molar-refractivity contribution in [2.75, 3.05) is 31.7 Å². The van der Waals surface area contributed by atoms with E-state index in [0.717, 1.165) is 31.7 Å². The van der Waals surface area contributed by atoms with Crippen molar-refractivity contribution in [3.63, 3.8) is 0 Å². The van der Waals surface area contributed by atoms with Gasteiger partial charge in [-0.2, -0.15) is 0 Å². The summed E-state index contributed by atoms with van der Waals surface area (Å²) in [4.78, 5) is 12.6. The van der Waals surface area contributed by atoms with E-state index < -0.39 is 5.97 Å². The molecule has 21 heavy (non-hydrogen) atoms. The number of ether oxygens (including phenoxy) is 2. The fraction of sp³-hybridized carbons (Fsp3) is 0.562. The van der Waals surface area contributed by atoms with Crippen molar-refractivity contribution in [2.24, 2.45) is 0 Å². The quantitative estimate of drug-likeness (QED) is 0.873. The molecule has 0 aliphatic carbocycles. The number of benzene rings is 1. The van der Waals surface area contributed by atoms with Crippen LogP contribution in [0, 0.1) is 0 Å². The van der Waals surface area contributed by atoms with E-state index in [1.807, 2.05) is 19.2 Å². The Balaban J connectivity index is 1.86. The molecule has 0 saturated carbocycles. The zero-order valence-corrected chi connectivity index (χ0v) is 12.5. The van der Waals surface area contributed by atoms with E-state index in [0.29, 0.717) is 11.9 Å². The highest BCUT2D eigenvalue weighted by Gasteiger charge is 2.15. The maximum Gasteiger partial charge on any atom is 0.341 e. The summed E-state index contributed by atoms with van der Waals surface area (Å²) in [5.74, 6) is -0.401.